The Balaban J connectivity index is 1.82. The quantitative estimate of drug-likeness (QED) is 0.841. The third-order valence-electron chi connectivity index (χ3n) is 3.68. The molecule has 2 aliphatic rings. The van der Waals surface area contributed by atoms with Crippen LogP contribution in [-0.4, -0.2) is 47.1 Å². The van der Waals surface area contributed by atoms with Crippen LogP contribution in [0.1, 0.15) is 12.8 Å². The number of halogens is 1. The molecular formula is C11H16BrN5. The first-order valence-electron chi connectivity index (χ1n) is 6.00. The second-order valence-corrected chi connectivity index (χ2v) is 5.47. The molecule has 1 atom stereocenters. The number of nitrogen functional groups attached to an aromatic ring is 1. The minimum atomic E-state index is 0.517. The zero-order chi connectivity index (χ0) is 11.8. The summed E-state index contributed by atoms with van der Waals surface area (Å²) < 4.78 is 0.825. The van der Waals surface area contributed by atoms with Gasteiger partial charge in [0.1, 0.15) is 22.4 Å². The van der Waals surface area contributed by atoms with Gasteiger partial charge < -0.3 is 10.6 Å². The van der Waals surface area contributed by atoms with E-state index in [1.165, 1.54) is 25.7 Å². The molecule has 17 heavy (non-hydrogen) atoms. The van der Waals surface area contributed by atoms with Gasteiger partial charge in [-0.25, -0.2) is 9.97 Å². The van der Waals surface area contributed by atoms with Gasteiger partial charge in [0, 0.05) is 25.7 Å². The van der Waals surface area contributed by atoms with Crippen molar-refractivity contribution in [3.05, 3.63) is 10.8 Å². The third-order valence-corrected chi connectivity index (χ3v) is 4.45. The highest BCUT2D eigenvalue weighted by Gasteiger charge is 2.31. The molecule has 0 radical (unpaired) electrons. The van der Waals surface area contributed by atoms with Crippen LogP contribution in [0.15, 0.2) is 10.8 Å². The van der Waals surface area contributed by atoms with E-state index in [9.17, 15) is 0 Å². The second-order valence-electron chi connectivity index (χ2n) is 4.67. The van der Waals surface area contributed by atoms with Crippen LogP contribution in [0.25, 0.3) is 0 Å². The monoisotopic (exact) mass is 297 g/mol. The van der Waals surface area contributed by atoms with Crippen molar-refractivity contribution >= 4 is 27.6 Å². The van der Waals surface area contributed by atoms with E-state index in [0.29, 0.717) is 11.9 Å². The van der Waals surface area contributed by atoms with Crippen LogP contribution in [0, 0.1) is 0 Å². The molecule has 3 rings (SSSR count). The van der Waals surface area contributed by atoms with Gasteiger partial charge in [0.15, 0.2) is 0 Å². The Bertz CT molecular complexity index is 424. The van der Waals surface area contributed by atoms with Crippen LogP contribution < -0.4 is 10.6 Å². The zero-order valence-electron chi connectivity index (χ0n) is 9.64. The molecule has 1 aromatic rings. The molecule has 2 saturated heterocycles. The topological polar surface area (TPSA) is 58.3 Å². The zero-order valence-corrected chi connectivity index (χ0v) is 11.2. The number of nitrogens with zero attached hydrogens (tertiary/aromatic N) is 4. The van der Waals surface area contributed by atoms with Crippen LogP contribution >= 0.6 is 15.9 Å². The van der Waals surface area contributed by atoms with Crippen molar-refractivity contribution in [1.29, 1.82) is 0 Å². The van der Waals surface area contributed by atoms with Gasteiger partial charge in [-0.05, 0) is 35.3 Å². The van der Waals surface area contributed by atoms with Crippen molar-refractivity contribution in [1.82, 2.24) is 14.9 Å². The fourth-order valence-corrected chi connectivity index (χ4v) is 3.23. The summed E-state index contributed by atoms with van der Waals surface area (Å²) in [5, 5.41) is 0. The Morgan fingerprint density at radius 1 is 1.29 bits per heavy atom. The number of hydrogen-bond acceptors (Lipinski definition) is 5. The van der Waals surface area contributed by atoms with E-state index in [0.717, 1.165) is 29.9 Å². The Hall–Kier alpha value is -0.880. The lowest BCUT2D eigenvalue weighted by atomic mass is 10.1. The summed E-state index contributed by atoms with van der Waals surface area (Å²) >= 11 is 3.48. The van der Waals surface area contributed by atoms with Crippen molar-refractivity contribution in [3.8, 4) is 0 Å². The third kappa shape index (κ3) is 1.99. The van der Waals surface area contributed by atoms with Crippen LogP contribution in [0.5, 0.6) is 0 Å². The van der Waals surface area contributed by atoms with Gasteiger partial charge in [-0.3, -0.25) is 4.90 Å². The Kier molecular flexibility index (Phi) is 2.92. The Labute approximate surface area is 109 Å². The molecule has 0 saturated carbocycles. The normalized spacial score (nSPS) is 25.0. The van der Waals surface area contributed by atoms with Gasteiger partial charge in [-0.15, -0.1) is 0 Å². The summed E-state index contributed by atoms with van der Waals surface area (Å²) in [4.78, 5) is 13.2. The molecule has 2 fully saturated rings. The van der Waals surface area contributed by atoms with Crippen LogP contribution in [0.2, 0.25) is 0 Å². The van der Waals surface area contributed by atoms with E-state index in [1.807, 2.05) is 0 Å². The maximum Gasteiger partial charge on any atom is 0.148 e. The summed E-state index contributed by atoms with van der Waals surface area (Å²) in [5.41, 5.74) is 5.80. The SMILES string of the molecule is Nc1ncnc(N2CCN3CCCC3C2)c1Br. The molecule has 0 aliphatic carbocycles. The lowest BCUT2D eigenvalue weighted by Crippen LogP contribution is -2.50. The molecular weight excluding hydrogens is 282 g/mol. The highest BCUT2D eigenvalue weighted by Crippen LogP contribution is 2.30. The summed E-state index contributed by atoms with van der Waals surface area (Å²) in [6.45, 7) is 4.45. The average molecular weight is 298 g/mol. The van der Waals surface area contributed by atoms with Crippen LogP contribution in [-0.2, 0) is 0 Å². The highest BCUT2D eigenvalue weighted by atomic mass is 79.9. The predicted molar refractivity (Wildman–Crippen MR) is 71.0 cm³/mol. The number of piperazine rings is 1. The first-order chi connectivity index (χ1) is 8.25. The first-order valence-corrected chi connectivity index (χ1v) is 6.80. The average Bonchev–Trinajstić information content (AvgIpc) is 2.79. The first kappa shape index (κ1) is 11.2. The molecule has 0 amide bonds. The Morgan fingerprint density at radius 3 is 3.06 bits per heavy atom. The summed E-state index contributed by atoms with van der Waals surface area (Å²) in [6.07, 6.45) is 4.16. The van der Waals surface area contributed by atoms with Crippen LogP contribution in [0.3, 0.4) is 0 Å². The number of anilines is 2. The Morgan fingerprint density at radius 2 is 2.18 bits per heavy atom. The lowest BCUT2D eigenvalue weighted by Gasteiger charge is -2.38. The van der Waals surface area contributed by atoms with Crippen molar-refractivity contribution in [2.75, 3.05) is 36.8 Å². The number of fused-ring (bicyclic) bond motifs is 1. The van der Waals surface area contributed by atoms with E-state index >= 15 is 0 Å². The maximum absolute atomic E-state index is 5.80. The highest BCUT2D eigenvalue weighted by molar-refractivity contribution is 9.10. The van der Waals surface area contributed by atoms with E-state index < -0.39 is 0 Å². The molecule has 5 nitrogen and oxygen atoms in total. The molecule has 2 N–H and O–H groups in total. The minimum absolute atomic E-state index is 0.517. The standard InChI is InChI=1S/C11H16BrN5/c12-9-10(13)14-7-15-11(9)17-5-4-16-3-1-2-8(16)6-17/h7-8H,1-6H2,(H2,13,14,15). The molecule has 2 aliphatic heterocycles. The molecule has 92 valence electrons. The predicted octanol–water partition coefficient (Wildman–Crippen LogP) is 1.11. The van der Waals surface area contributed by atoms with Gasteiger partial charge in [0.05, 0.1) is 0 Å². The molecule has 0 aromatic carbocycles. The van der Waals surface area contributed by atoms with Crippen LogP contribution in [0.4, 0.5) is 11.6 Å². The van der Waals surface area contributed by atoms with E-state index in [2.05, 4.69) is 35.7 Å². The van der Waals surface area contributed by atoms with E-state index in [1.54, 1.807) is 0 Å². The van der Waals surface area contributed by atoms with Crippen molar-refractivity contribution in [2.45, 2.75) is 18.9 Å². The van der Waals surface area contributed by atoms with E-state index in [-0.39, 0.29) is 0 Å². The van der Waals surface area contributed by atoms with Gasteiger partial charge in [0.25, 0.3) is 0 Å². The minimum Gasteiger partial charge on any atom is -0.383 e. The van der Waals surface area contributed by atoms with Crippen molar-refractivity contribution in [3.63, 3.8) is 0 Å². The smallest absolute Gasteiger partial charge is 0.148 e. The fourth-order valence-electron chi connectivity index (χ4n) is 2.78. The molecule has 1 unspecified atom stereocenters. The van der Waals surface area contributed by atoms with E-state index in [4.69, 9.17) is 5.73 Å². The summed E-state index contributed by atoms with van der Waals surface area (Å²) in [7, 11) is 0. The van der Waals surface area contributed by atoms with Crippen molar-refractivity contribution < 1.29 is 0 Å². The van der Waals surface area contributed by atoms with Crippen molar-refractivity contribution in [2.24, 2.45) is 0 Å². The molecule has 1 aromatic heterocycles. The van der Waals surface area contributed by atoms with Gasteiger partial charge >= 0.3 is 0 Å². The molecule has 3 heterocycles. The lowest BCUT2D eigenvalue weighted by molar-refractivity contribution is 0.230. The van der Waals surface area contributed by atoms with Gasteiger partial charge in [-0.2, -0.15) is 0 Å². The number of aromatic nitrogens is 2. The molecule has 6 heteroatoms. The number of rotatable bonds is 1. The number of nitrogens with two attached hydrogens (primary N) is 1. The molecule has 0 spiro atoms. The second kappa shape index (κ2) is 4.42. The molecule has 0 bridgehead atoms. The fraction of sp³-hybridized carbons (Fsp3) is 0.636. The van der Waals surface area contributed by atoms with Gasteiger partial charge in [-0.1, -0.05) is 0 Å². The maximum atomic E-state index is 5.80. The summed E-state index contributed by atoms with van der Waals surface area (Å²) in [6, 6.07) is 0.687. The number of hydrogen-bond donors (Lipinski definition) is 1. The van der Waals surface area contributed by atoms with Gasteiger partial charge in [0.2, 0.25) is 0 Å². The largest absolute Gasteiger partial charge is 0.383 e. The summed E-state index contributed by atoms with van der Waals surface area (Å²) in [5.74, 6) is 1.45.